The number of aromatic carboxylic acids is 1. The number of hydrogen-bond donors (Lipinski definition) is 3. The Bertz CT molecular complexity index is 656. The number of nitrogen functional groups attached to an aromatic ring is 1. The Hall–Kier alpha value is -2.35. The second-order valence-electron chi connectivity index (χ2n) is 3.26. The molecular weight excluding hydrogens is 256 g/mol. The average molecular weight is 264 g/mol. The van der Waals surface area contributed by atoms with Crippen molar-refractivity contribution in [3.8, 4) is 0 Å². The summed E-state index contributed by atoms with van der Waals surface area (Å²) in [4.78, 5) is 32.1. The third kappa shape index (κ3) is 2.66. The van der Waals surface area contributed by atoms with E-state index >= 15 is 0 Å². The molecule has 8 heteroatoms. The fourth-order valence-corrected chi connectivity index (χ4v) is 1.90. The van der Waals surface area contributed by atoms with Crippen molar-refractivity contribution >= 4 is 23.4 Å². The zero-order valence-electron chi connectivity index (χ0n) is 8.95. The average Bonchev–Trinajstić information content (AvgIpc) is 2.31. The van der Waals surface area contributed by atoms with Gasteiger partial charge in [-0.2, -0.15) is 0 Å². The topological polar surface area (TPSA) is 122 Å². The standard InChI is InChI=1S/C10H8N4O3S/c11-6-3-5(9(16)17)4-13-8(6)18-10-12-2-1-7(15)14-10/h1-4H,11H2,(H,16,17)(H,12,14,15). The van der Waals surface area contributed by atoms with Gasteiger partial charge in [0.15, 0.2) is 5.16 Å². The van der Waals surface area contributed by atoms with E-state index < -0.39 is 5.97 Å². The van der Waals surface area contributed by atoms with Gasteiger partial charge >= 0.3 is 5.97 Å². The minimum atomic E-state index is -1.10. The number of aromatic nitrogens is 3. The molecule has 0 amide bonds. The Balaban J connectivity index is 2.30. The monoisotopic (exact) mass is 264 g/mol. The van der Waals surface area contributed by atoms with Crippen molar-refractivity contribution in [3.05, 3.63) is 40.4 Å². The molecule has 18 heavy (non-hydrogen) atoms. The molecule has 0 bridgehead atoms. The summed E-state index contributed by atoms with van der Waals surface area (Å²) in [6, 6.07) is 2.59. The Morgan fingerprint density at radius 1 is 1.44 bits per heavy atom. The zero-order valence-corrected chi connectivity index (χ0v) is 9.77. The van der Waals surface area contributed by atoms with E-state index in [9.17, 15) is 9.59 Å². The molecule has 4 N–H and O–H groups in total. The lowest BCUT2D eigenvalue weighted by Crippen LogP contribution is -2.06. The van der Waals surface area contributed by atoms with Gasteiger partial charge in [0.05, 0.1) is 11.3 Å². The van der Waals surface area contributed by atoms with Crippen LogP contribution in [0.25, 0.3) is 0 Å². The first kappa shape index (κ1) is 12.1. The summed E-state index contributed by atoms with van der Waals surface area (Å²) in [7, 11) is 0. The second kappa shape index (κ2) is 4.88. The van der Waals surface area contributed by atoms with E-state index in [1.807, 2.05) is 0 Å². The lowest BCUT2D eigenvalue weighted by molar-refractivity contribution is 0.0696. The van der Waals surface area contributed by atoms with Crippen LogP contribution in [0.1, 0.15) is 10.4 Å². The van der Waals surface area contributed by atoms with Gasteiger partial charge in [-0.25, -0.2) is 14.8 Å². The van der Waals surface area contributed by atoms with Crippen molar-refractivity contribution in [2.75, 3.05) is 5.73 Å². The van der Waals surface area contributed by atoms with Crippen LogP contribution in [0.2, 0.25) is 0 Å². The molecule has 2 rings (SSSR count). The van der Waals surface area contributed by atoms with E-state index in [-0.39, 0.29) is 16.8 Å². The van der Waals surface area contributed by atoms with E-state index in [1.165, 1.54) is 24.5 Å². The zero-order chi connectivity index (χ0) is 13.1. The molecule has 0 unspecified atom stereocenters. The van der Waals surface area contributed by atoms with Crippen LogP contribution in [0.3, 0.4) is 0 Å². The summed E-state index contributed by atoms with van der Waals surface area (Å²) in [6.45, 7) is 0. The summed E-state index contributed by atoms with van der Waals surface area (Å²) in [5, 5.41) is 9.49. The number of carboxylic acid groups (broad SMARTS) is 1. The molecule has 2 aromatic rings. The minimum Gasteiger partial charge on any atom is -0.478 e. The summed E-state index contributed by atoms with van der Waals surface area (Å²) in [6.07, 6.45) is 2.56. The number of anilines is 1. The molecule has 0 fully saturated rings. The van der Waals surface area contributed by atoms with E-state index in [1.54, 1.807) is 0 Å². The predicted octanol–water partition coefficient (Wildman–Crippen LogP) is 0.596. The SMILES string of the molecule is Nc1cc(C(=O)O)cnc1Sc1nccc(=O)[nH]1. The van der Waals surface area contributed by atoms with Crippen molar-refractivity contribution in [1.82, 2.24) is 15.0 Å². The van der Waals surface area contributed by atoms with Gasteiger partial charge in [-0.05, 0) is 17.8 Å². The van der Waals surface area contributed by atoms with Gasteiger partial charge in [0.2, 0.25) is 0 Å². The van der Waals surface area contributed by atoms with Crippen LogP contribution in [-0.2, 0) is 0 Å². The Morgan fingerprint density at radius 2 is 2.22 bits per heavy atom. The van der Waals surface area contributed by atoms with Crippen LogP contribution in [0.15, 0.2) is 39.5 Å². The van der Waals surface area contributed by atoms with E-state index in [0.717, 1.165) is 11.8 Å². The van der Waals surface area contributed by atoms with Gasteiger partial charge in [-0.15, -0.1) is 0 Å². The number of rotatable bonds is 3. The highest BCUT2D eigenvalue weighted by Gasteiger charge is 2.09. The number of pyridine rings is 1. The number of H-pyrrole nitrogens is 1. The van der Waals surface area contributed by atoms with Gasteiger partial charge in [-0.1, -0.05) is 0 Å². The highest BCUT2D eigenvalue weighted by Crippen LogP contribution is 2.27. The van der Waals surface area contributed by atoms with Gasteiger partial charge in [0.25, 0.3) is 5.56 Å². The quantitative estimate of drug-likeness (QED) is 0.693. The van der Waals surface area contributed by atoms with Crippen LogP contribution in [-0.4, -0.2) is 26.0 Å². The van der Waals surface area contributed by atoms with Crippen LogP contribution in [0, 0.1) is 0 Å². The predicted molar refractivity (Wildman–Crippen MR) is 64.6 cm³/mol. The maximum absolute atomic E-state index is 11.1. The largest absolute Gasteiger partial charge is 0.478 e. The molecular formula is C10H8N4O3S. The molecule has 0 saturated carbocycles. The van der Waals surface area contributed by atoms with Crippen LogP contribution in [0.4, 0.5) is 5.69 Å². The highest BCUT2D eigenvalue weighted by atomic mass is 32.2. The lowest BCUT2D eigenvalue weighted by Gasteiger charge is -2.04. The van der Waals surface area contributed by atoms with Crippen molar-refractivity contribution in [2.45, 2.75) is 10.2 Å². The summed E-state index contributed by atoms with van der Waals surface area (Å²) in [5.74, 6) is -1.10. The van der Waals surface area contributed by atoms with Crippen LogP contribution < -0.4 is 11.3 Å². The summed E-state index contributed by atoms with van der Waals surface area (Å²) < 4.78 is 0. The first-order chi connectivity index (χ1) is 8.56. The van der Waals surface area contributed by atoms with E-state index in [2.05, 4.69) is 15.0 Å². The number of nitrogens with two attached hydrogens (primary N) is 1. The molecule has 0 radical (unpaired) electrons. The van der Waals surface area contributed by atoms with E-state index in [4.69, 9.17) is 10.8 Å². The maximum atomic E-state index is 11.1. The molecule has 0 saturated heterocycles. The Labute approximate surface area is 105 Å². The maximum Gasteiger partial charge on any atom is 0.337 e. The third-order valence-electron chi connectivity index (χ3n) is 1.97. The van der Waals surface area contributed by atoms with Gasteiger partial charge in [0, 0.05) is 18.5 Å². The molecule has 0 aromatic carbocycles. The molecule has 0 spiro atoms. The Kier molecular flexibility index (Phi) is 3.28. The second-order valence-corrected chi connectivity index (χ2v) is 4.24. The van der Waals surface area contributed by atoms with Gasteiger partial charge in [-0.3, -0.25) is 4.79 Å². The summed E-state index contributed by atoms with van der Waals surface area (Å²) in [5.41, 5.74) is 5.61. The van der Waals surface area contributed by atoms with Crippen molar-refractivity contribution < 1.29 is 9.90 Å². The molecule has 92 valence electrons. The third-order valence-corrected chi connectivity index (χ3v) is 2.90. The number of carbonyl (C=O) groups is 1. The summed E-state index contributed by atoms with van der Waals surface area (Å²) >= 11 is 1.05. The fraction of sp³-hybridized carbons (Fsp3) is 0. The fourth-order valence-electron chi connectivity index (χ4n) is 1.17. The molecule has 0 aliphatic heterocycles. The minimum absolute atomic E-state index is 0.00589. The highest BCUT2D eigenvalue weighted by molar-refractivity contribution is 7.99. The number of aromatic amines is 1. The van der Waals surface area contributed by atoms with Gasteiger partial charge in [0.1, 0.15) is 5.03 Å². The van der Waals surface area contributed by atoms with Crippen molar-refractivity contribution in [1.29, 1.82) is 0 Å². The molecule has 7 nitrogen and oxygen atoms in total. The van der Waals surface area contributed by atoms with E-state index in [0.29, 0.717) is 10.2 Å². The number of carboxylic acids is 1. The molecule has 2 heterocycles. The lowest BCUT2D eigenvalue weighted by atomic mass is 10.3. The van der Waals surface area contributed by atoms with Crippen molar-refractivity contribution in [3.63, 3.8) is 0 Å². The van der Waals surface area contributed by atoms with Gasteiger partial charge < -0.3 is 15.8 Å². The van der Waals surface area contributed by atoms with Crippen LogP contribution in [0.5, 0.6) is 0 Å². The number of nitrogens with zero attached hydrogens (tertiary/aromatic N) is 2. The first-order valence-corrected chi connectivity index (χ1v) is 5.60. The first-order valence-electron chi connectivity index (χ1n) is 4.78. The molecule has 0 aliphatic rings. The van der Waals surface area contributed by atoms with Crippen LogP contribution >= 0.6 is 11.8 Å². The molecule has 0 atom stereocenters. The molecule has 0 aliphatic carbocycles. The normalized spacial score (nSPS) is 10.2. The number of nitrogens with one attached hydrogen (secondary N) is 1. The molecule has 2 aromatic heterocycles. The Morgan fingerprint density at radius 3 is 2.83 bits per heavy atom. The van der Waals surface area contributed by atoms with Crippen molar-refractivity contribution in [2.24, 2.45) is 0 Å². The number of hydrogen-bond acceptors (Lipinski definition) is 6. The smallest absolute Gasteiger partial charge is 0.337 e.